The Labute approximate surface area is 231 Å². The van der Waals surface area contributed by atoms with E-state index in [4.69, 9.17) is 4.74 Å². The molecule has 1 saturated carbocycles. The van der Waals surface area contributed by atoms with Crippen molar-refractivity contribution in [2.24, 2.45) is 0 Å². The molecular formula is C31H39N3O4S. The summed E-state index contributed by atoms with van der Waals surface area (Å²) in [5.41, 5.74) is 3.89. The van der Waals surface area contributed by atoms with Crippen LogP contribution in [0.4, 0.5) is 0 Å². The maximum atomic E-state index is 13.1. The highest BCUT2D eigenvalue weighted by molar-refractivity contribution is 7.91. The smallest absolute Gasteiger partial charge is 0.267 e. The van der Waals surface area contributed by atoms with Crippen LogP contribution < -0.4 is 15.4 Å². The van der Waals surface area contributed by atoms with Crippen molar-refractivity contribution in [1.29, 1.82) is 0 Å². The zero-order valence-corrected chi connectivity index (χ0v) is 23.5. The second-order valence-corrected chi connectivity index (χ2v) is 12.9. The van der Waals surface area contributed by atoms with Crippen molar-refractivity contribution in [1.82, 2.24) is 15.6 Å². The Balaban J connectivity index is 1.21. The molecule has 2 aromatic carbocycles. The van der Waals surface area contributed by atoms with E-state index in [0.717, 1.165) is 18.5 Å². The molecule has 0 saturated heterocycles. The van der Waals surface area contributed by atoms with Crippen LogP contribution in [0.5, 0.6) is 5.75 Å². The normalized spacial score (nSPS) is 17.8. The molecule has 1 amide bonds. The molecule has 0 atom stereocenters. The van der Waals surface area contributed by atoms with Gasteiger partial charge in [-0.05, 0) is 54.3 Å². The summed E-state index contributed by atoms with van der Waals surface area (Å²) in [4.78, 5) is 16.7. The van der Waals surface area contributed by atoms with Gasteiger partial charge in [0.05, 0.1) is 12.0 Å². The number of hydrogen-bond donors (Lipinski definition) is 3. The molecule has 0 unspecified atom stereocenters. The summed E-state index contributed by atoms with van der Waals surface area (Å²) in [5.74, 6) is 0.152. The van der Waals surface area contributed by atoms with Gasteiger partial charge in [-0.25, -0.2) is 8.42 Å². The number of nitrogens with one attached hydrogen (secondary N) is 3. The lowest BCUT2D eigenvalue weighted by atomic mass is 9.79. The first kappa shape index (κ1) is 27.5. The zero-order valence-electron chi connectivity index (χ0n) is 22.7. The van der Waals surface area contributed by atoms with Crippen molar-refractivity contribution in [3.05, 3.63) is 77.1 Å². The van der Waals surface area contributed by atoms with Crippen LogP contribution in [0.25, 0.3) is 0 Å². The summed E-state index contributed by atoms with van der Waals surface area (Å²) in [6.45, 7) is 1.10. The van der Waals surface area contributed by atoms with Gasteiger partial charge < -0.3 is 20.4 Å². The lowest BCUT2D eigenvalue weighted by Gasteiger charge is -2.39. The van der Waals surface area contributed by atoms with Crippen molar-refractivity contribution in [2.75, 3.05) is 7.11 Å². The van der Waals surface area contributed by atoms with Gasteiger partial charge in [-0.2, -0.15) is 0 Å². The van der Waals surface area contributed by atoms with Gasteiger partial charge in [-0.15, -0.1) is 0 Å². The van der Waals surface area contributed by atoms with E-state index in [2.05, 4.69) is 15.6 Å². The Morgan fingerprint density at radius 2 is 1.62 bits per heavy atom. The van der Waals surface area contributed by atoms with E-state index < -0.39 is 9.84 Å². The number of benzene rings is 2. The first-order chi connectivity index (χ1) is 18.9. The number of fused-ring (bicyclic) bond motifs is 1. The molecule has 5 rings (SSSR count). The van der Waals surface area contributed by atoms with Crippen LogP contribution in [0.15, 0.2) is 64.4 Å². The number of ether oxygens (including phenoxy) is 1. The molecule has 0 radical (unpaired) electrons. The van der Waals surface area contributed by atoms with E-state index in [1.54, 1.807) is 42.5 Å². The summed E-state index contributed by atoms with van der Waals surface area (Å²) in [5, 5.41) is 6.82. The van der Waals surface area contributed by atoms with Crippen molar-refractivity contribution in [2.45, 2.75) is 92.6 Å². The predicted molar refractivity (Wildman–Crippen MR) is 152 cm³/mol. The molecule has 1 aliphatic carbocycles. The molecule has 1 spiro atoms. The number of sulfone groups is 1. The summed E-state index contributed by atoms with van der Waals surface area (Å²) in [6, 6.07) is 15.1. The van der Waals surface area contributed by atoms with Gasteiger partial charge in [0.25, 0.3) is 5.91 Å². The summed E-state index contributed by atoms with van der Waals surface area (Å²) >= 11 is 0. The van der Waals surface area contributed by atoms with Gasteiger partial charge >= 0.3 is 0 Å². The Morgan fingerprint density at radius 3 is 2.31 bits per heavy atom. The largest absolute Gasteiger partial charge is 0.495 e. The minimum atomic E-state index is -3.72. The molecule has 1 aliphatic heterocycles. The van der Waals surface area contributed by atoms with Crippen molar-refractivity contribution in [3.8, 4) is 5.75 Å². The molecule has 2 heterocycles. The van der Waals surface area contributed by atoms with E-state index >= 15 is 0 Å². The first-order valence-corrected chi connectivity index (χ1v) is 15.6. The lowest BCUT2D eigenvalue weighted by molar-refractivity contribution is 0.0946. The molecule has 39 heavy (non-hydrogen) atoms. The molecule has 1 fully saturated rings. The quantitative estimate of drug-likeness (QED) is 0.367. The first-order valence-electron chi connectivity index (χ1n) is 14.1. The molecule has 1 aromatic heterocycles. The maximum Gasteiger partial charge on any atom is 0.267 e. The fourth-order valence-electron chi connectivity index (χ4n) is 5.98. The number of rotatable bonds is 6. The Morgan fingerprint density at radius 1 is 0.949 bits per heavy atom. The summed E-state index contributed by atoms with van der Waals surface area (Å²) in [6.07, 6.45) is 12.5. The highest BCUT2D eigenvalue weighted by Crippen LogP contribution is 2.33. The van der Waals surface area contributed by atoms with Crippen LogP contribution in [0, 0.1) is 0 Å². The second-order valence-electron chi connectivity index (χ2n) is 11.0. The van der Waals surface area contributed by atoms with E-state index in [1.807, 2.05) is 6.07 Å². The van der Waals surface area contributed by atoms with Gasteiger partial charge in [0.2, 0.25) is 9.84 Å². The third kappa shape index (κ3) is 6.23. The van der Waals surface area contributed by atoms with Gasteiger partial charge in [0.1, 0.15) is 16.3 Å². The van der Waals surface area contributed by atoms with Crippen molar-refractivity contribution < 1.29 is 17.9 Å². The van der Waals surface area contributed by atoms with Crippen LogP contribution >= 0.6 is 0 Å². The number of amides is 1. The van der Waals surface area contributed by atoms with Gasteiger partial charge in [0, 0.05) is 30.7 Å². The Bertz CT molecular complexity index is 1390. The average molecular weight is 550 g/mol. The molecule has 0 bridgehead atoms. The fourth-order valence-corrected chi connectivity index (χ4v) is 7.40. The maximum absolute atomic E-state index is 13.1. The number of aromatic nitrogens is 1. The standard InChI is InChI=1S/C31H39N3O4S/c1-38-28-11-7-8-12-29(28)39(36,37)25-15-13-23(14-16-25)21-32-30(35)26-19-24-22-33-31(20-27(24)34-26)17-9-5-3-2-4-6-10-18-31/h7-8,11-16,19,33-34H,2-6,9-10,17-18,20-22H2,1H3,(H,32,35). The third-order valence-electron chi connectivity index (χ3n) is 8.26. The monoisotopic (exact) mass is 549 g/mol. The van der Waals surface area contributed by atoms with Gasteiger partial charge in [-0.3, -0.25) is 4.79 Å². The van der Waals surface area contributed by atoms with Gasteiger partial charge in [-0.1, -0.05) is 69.2 Å². The topological polar surface area (TPSA) is 100 Å². The number of carbonyl (C=O) groups excluding carboxylic acids is 1. The van der Waals surface area contributed by atoms with Crippen LogP contribution in [-0.2, 0) is 29.3 Å². The van der Waals surface area contributed by atoms with Crippen LogP contribution in [0.2, 0.25) is 0 Å². The van der Waals surface area contributed by atoms with Crippen LogP contribution in [0.3, 0.4) is 0 Å². The lowest BCUT2D eigenvalue weighted by Crippen LogP contribution is -2.49. The molecule has 2 aliphatic rings. The minimum Gasteiger partial charge on any atom is -0.495 e. The number of H-pyrrole nitrogens is 1. The van der Waals surface area contributed by atoms with Crippen LogP contribution in [-0.4, -0.2) is 32.0 Å². The average Bonchev–Trinajstić information content (AvgIpc) is 3.39. The summed E-state index contributed by atoms with van der Waals surface area (Å²) < 4.78 is 31.4. The van der Waals surface area contributed by atoms with E-state index in [-0.39, 0.29) is 21.2 Å². The minimum absolute atomic E-state index is 0.131. The van der Waals surface area contributed by atoms with Crippen LogP contribution in [0.1, 0.15) is 85.1 Å². The molecule has 7 nitrogen and oxygen atoms in total. The predicted octanol–water partition coefficient (Wildman–Crippen LogP) is 5.70. The number of methoxy groups -OCH3 is 1. The molecule has 8 heteroatoms. The Kier molecular flexibility index (Phi) is 8.43. The van der Waals surface area contributed by atoms with E-state index in [9.17, 15) is 13.2 Å². The third-order valence-corrected chi connectivity index (χ3v) is 10.1. The fraction of sp³-hybridized carbons (Fsp3) is 0.452. The highest BCUT2D eigenvalue weighted by Gasteiger charge is 2.34. The molecule has 3 N–H and O–H groups in total. The number of para-hydroxylation sites is 1. The number of carbonyl (C=O) groups is 1. The van der Waals surface area contributed by atoms with Crippen molar-refractivity contribution in [3.63, 3.8) is 0 Å². The molecule has 208 valence electrons. The molecular weight excluding hydrogens is 510 g/mol. The van der Waals surface area contributed by atoms with E-state index in [0.29, 0.717) is 18.0 Å². The van der Waals surface area contributed by atoms with Crippen molar-refractivity contribution >= 4 is 15.7 Å². The van der Waals surface area contributed by atoms with Gasteiger partial charge in [0.15, 0.2) is 0 Å². The second kappa shape index (κ2) is 12.0. The SMILES string of the molecule is COc1ccccc1S(=O)(=O)c1ccc(CNC(=O)c2cc3c([nH]2)CC2(CCCCCCCCC2)NC3)cc1. The molecule has 3 aromatic rings. The Hall–Kier alpha value is -3.10. The van der Waals surface area contributed by atoms with E-state index in [1.165, 1.54) is 82.2 Å². The number of hydrogen-bond acceptors (Lipinski definition) is 5. The highest BCUT2D eigenvalue weighted by atomic mass is 32.2. The number of aromatic amines is 1. The zero-order chi connectivity index (χ0) is 27.3. The summed E-state index contributed by atoms with van der Waals surface area (Å²) in [7, 11) is -2.26.